The van der Waals surface area contributed by atoms with E-state index in [-0.39, 0.29) is 12.5 Å². The Labute approximate surface area is 151 Å². The third-order valence-electron chi connectivity index (χ3n) is 3.35. The molecule has 2 rings (SSSR count). The minimum atomic E-state index is -0.379. The summed E-state index contributed by atoms with van der Waals surface area (Å²) in [5, 5.41) is 4.31. The molecule has 0 fully saturated rings. The van der Waals surface area contributed by atoms with Crippen molar-refractivity contribution < 1.29 is 19.0 Å². The van der Waals surface area contributed by atoms with Crippen molar-refractivity contribution in [1.29, 1.82) is 0 Å². The molecule has 2 aromatic carbocycles. The van der Waals surface area contributed by atoms with Crippen LogP contribution in [0.3, 0.4) is 0 Å². The fraction of sp³-hybridized carbons (Fsp3) is 0.222. The molecule has 0 radical (unpaired) electrons. The number of carbonyl (C=O) groups excluding carboxylic acids is 1. The molecule has 0 aliphatic heterocycles. The van der Waals surface area contributed by atoms with Gasteiger partial charge in [0.25, 0.3) is 5.91 Å². The van der Waals surface area contributed by atoms with Gasteiger partial charge in [-0.2, -0.15) is 5.10 Å². The largest absolute Gasteiger partial charge is 0.493 e. The summed E-state index contributed by atoms with van der Waals surface area (Å²) < 4.78 is 15.8. The molecule has 0 aromatic heterocycles. The molecule has 0 saturated carbocycles. The van der Waals surface area contributed by atoms with Crippen molar-refractivity contribution in [3.63, 3.8) is 0 Å². The van der Waals surface area contributed by atoms with Gasteiger partial charge in [0, 0.05) is 11.6 Å². The first-order valence-electron chi connectivity index (χ1n) is 7.47. The predicted molar refractivity (Wildman–Crippen MR) is 97.0 cm³/mol. The number of methoxy groups -OCH3 is 2. The third-order valence-corrected chi connectivity index (χ3v) is 3.68. The quantitative estimate of drug-likeness (QED) is 0.606. The Balaban J connectivity index is 1.94. The van der Waals surface area contributed by atoms with Gasteiger partial charge in [-0.15, -0.1) is 0 Å². The average Bonchev–Trinajstić information content (AvgIpc) is 2.62. The number of halogens is 1. The maximum absolute atomic E-state index is 11.8. The lowest BCUT2D eigenvalue weighted by atomic mass is 10.2. The Morgan fingerprint density at radius 2 is 1.84 bits per heavy atom. The molecule has 7 heteroatoms. The van der Waals surface area contributed by atoms with E-state index in [9.17, 15) is 4.79 Å². The lowest BCUT2D eigenvalue weighted by molar-refractivity contribution is -0.123. The van der Waals surface area contributed by atoms with Crippen molar-refractivity contribution in [3.05, 3.63) is 52.5 Å². The summed E-state index contributed by atoms with van der Waals surface area (Å²) >= 11 is 6.15. The van der Waals surface area contributed by atoms with Crippen LogP contribution in [0.5, 0.6) is 17.2 Å². The molecule has 0 aliphatic rings. The monoisotopic (exact) mass is 362 g/mol. The van der Waals surface area contributed by atoms with Gasteiger partial charge in [0.05, 0.1) is 25.5 Å². The molecule has 0 atom stereocenters. The summed E-state index contributed by atoms with van der Waals surface area (Å²) in [6, 6.07) is 10.7. The van der Waals surface area contributed by atoms with E-state index in [4.69, 9.17) is 25.8 Å². The Hall–Kier alpha value is -2.73. The topological polar surface area (TPSA) is 69.2 Å². The molecular formula is C18H19ClN2O4. The van der Waals surface area contributed by atoms with Crippen LogP contribution in [0.4, 0.5) is 0 Å². The van der Waals surface area contributed by atoms with Gasteiger partial charge in [0.15, 0.2) is 18.1 Å². The van der Waals surface area contributed by atoms with Crippen LogP contribution in [0.15, 0.2) is 41.5 Å². The number of ether oxygens (including phenoxy) is 3. The first-order valence-corrected chi connectivity index (χ1v) is 7.84. The van der Waals surface area contributed by atoms with Crippen LogP contribution >= 0.6 is 11.6 Å². The van der Waals surface area contributed by atoms with Gasteiger partial charge in [0.2, 0.25) is 0 Å². The number of amides is 1. The smallest absolute Gasteiger partial charge is 0.277 e. The van der Waals surface area contributed by atoms with E-state index in [0.717, 1.165) is 5.56 Å². The van der Waals surface area contributed by atoms with Crippen molar-refractivity contribution >= 4 is 23.7 Å². The fourth-order valence-corrected chi connectivity index (χ4v) is 2.24. The van der Waals surface area contributed by atoms with Gasteiger partial charge in [-0.25, -0.2) is 5.43 Å². The van der Waals surface area contributed by atoms with E-state index >= 15 is 0 Å². The average molecular weight is 363 g/mol. The summed E-state index contributed by atoms with van der Waals surface area (Å²) in [4.78, 5) is 11.8. The zero-order valence-corrected chi connectivity index (χ0v) is 15.0. The number of nitrogens with zero attached hydrogens (tertiary/aromatic N) is 1. The van der Waals surface area contributed by atoms with E-state index < -0.39 is 0 Å². The standard InChI is InChI=1S/C18H19ClN2O4/c1-12-6-4-5-7-15(12)25-11-18(22)21-20-10-13-8-16(23-2)17(24-3)9-14(13)19/h4-10H,11H2,1-3H3,(H,21,22)/b20-10+. The minimum absolute atomic E-state index is 0.137. The molecule has 0 spiro atoms. The van der Waals surface area contributed by atoms with E-state index in [1.165, 1.54) is 20.4 Å². The second kappa shape index (κ2) is 8.94. The highest BCUT2D eigenvalue weighted by Gasteiger charge is 2.09. The highest BCUT2D eigenvalue weighted by Crippen LogP contribution is 2.32. The van der Waals surface area contributed by atoms with Gasteiger partial charge >= 0.3 is 0 Å². The van der Waals surface area contributed by atoms with Gasteiger partial charge < -0.3 is 14.2 Å². The second-order valence-corrected chi connectivity index (χ2v) is 5.48. The Morgan fingerprint density at radius 1 is 1.16 bits per heavy atom. The van der Waals surface area contributed by atoms with E-state index in [0.29, 0.717) is 27.8 Å². The highest BCUT2D eigenvalue weighted by atomic mass is 35.5. The molecule has 0 aliphatic carbocycles. The van der Waals surface area contributed by atoms with E-state index in [1.54, 1.807) is 18.2 Å². The maximum Gasteiger partial charge on any atom is 0.277 e. The lowest BCUT2D eigenvalue weighted by Gasteiger charge is -2.09. The maximum atomic E-state index is 11.8. The van der Waals surface area contributed by atoms with Crippen molar-refractivity contribution in [1.82, 2.24) is 5.43 Å². The Morgan fingerprint density at radius 3 is 2.52 bits per heavy atom. The number of benzene rings is 2. The fourth-order valence-electron chi connectivity index (χ4n) is 2.04. The third kappa shape index (κ3) is 5.12. The van der Waals surface area contributed by atoms with E-state index in [2.05, 4.69) is 10.5 Å². The Bertz CT molecular complexity index is 778. The number of aryl methyl sites for hydroxylation is 1. The summed E-state index contributed by atoms with van der Waals surface area (Å²) in [5.74, 6) is 1.31. The molecular weight excluding hydrogens is 344 g/mol. The highest BCUT2D eigenvalue weighted by molar-refractivity contribution is 6.33. The SMILES string of the molecule is COc1cc(Cl)c(/C=N/NC(=O)COc2ccccc2C)cc1OC. The summed E-state index contributed by atoms with van der Waals surface area (Å²) in [7, 11) is 3.05. The number of hydrogen-bond donors (Lipinski definition) is 1. The van der Waals surface area contributed by atoms with Crippen LogP contribution in [0, 0.1) is 6.92 Å². The molecule has 0 unspecified atom stereocenters. The van der Waals surface area contributed by atoms with Crippen LogP contribution in [-0.4, -0.2) is 32.9 Å². The number of nitrogens with one attached hydrogen (secondary N) is 1. The van der Waals surface area contributed by atoms with Crippen LogP contribution in [0.1, 0.15) is 11.1 Å². The van der Waals surface area contributed by atoms with Gasteiger partial charge in [-0.1, -0.05) is 29.8 Å². The molecule has 6 nitrogen and oxygen atoms in total. The number of para-hydroxylation sites is 1. The predicted octanol–water partition coefficient (Wildman–Crippen LogP) is 3.19. The van der Waals surface area contributed by atoms with Gasteiger partial charge in [-0.3, -0.25) is 4.79 Å². The second-order valence-electron chi connectivity index (χ2n) is 5.08. The van der Waals surface area contributed by atoms with E-state index in [1.807, 2.05) is 25.1 Å². The molecule has 2 aromatic rings. The zero-order valence-electron chi connectivity index (χ0n) is 14.2. The number of rotatable bonds is 7. The molecule has 1 amide bonds. The molecule has 0 heterocycles. The summed E-state index contributed by atoms with van der Waals surface area (Å²) in [6.07, 6.45) is 1.43. The minimum Gasteiger partial charge on any atom is -0.493 e. The summed E-state index contributed by atoms with van der Waals surface area (Å²) in [5.41, 5.74) is 3.93. The first-order chi connectivity index (χ1) is 12.0. The lowest BCUT2D eigenvalue weighted by Crippen LogP contribution is -2.24. The number of hydrogen-bond acceptors (Lipinski definition) is 5. The van der Waals surface area contributed by atoms with Crippen molar-refractivity contribution in [2.45, 2.75) is 6.92 Å². The van der Waals surface area contributed by atoms with Gasteiger partial charge in [-0.05, 0) is 24.6 Å². The van der Waals surface area contributed by atoms with Crippen molar-refractivity contribution in [2.24, 2.45) is 5.10 Å². The molecule has 0 bridgehead atoms. The van der Waals surface area contributed by atoms with Crippen LogP contribution < -0.4 is 19.6 Å². The zero-order chi connectivity index (χ0) is 18.2. The van der Waals surface area contributed by atoms with Gasteiger partial charge in [0.1, 0.15) is 5.75 Å². The summed E-state index contributed by atoms with van der Waals surface area (Å²) in [6.45, 7) is 1.77. The first kappa shape index (κ1) is 18.6. The number of carbonyl (C=O) groups is 1. The van der Waals surface area contributed by atoms with Crippen LogP contribution in [0.2, 0.25) is 5.02 Å². The van der Waals surface area contributed by atoms with Crippen LogP contribution in [-0.2, 0) is 4.79 Å². The molecule has 0 saturated heterocycles. The molecule has 1 N–H and O–H groups in total. The Kier molecular flexibility index (Phi) is 6.65. The van der Waals surface area contributed by atoms with Crippen LogP contribution in [0.25, 0.3) is 0 Å². The van der Waals surface area contributed by atoms with Crippen molar-refractivity contribution in [2.75, 3.05) is 20.8 Å². The normalized spacial score (nSPS) is 10.6. The molecule has 132 valence electrons. The van der Waals surface area contributed by atoms with Crippen molar-refractivity contribution in [3.8, 4) is 17.2 Å². The number of hydrazone groups is 1. The molecule has 25 heavy (non-hydrogen) atoms.